The van der Waals surface area contributed by atoms with Gasteiger partial charge in [-0.1, -0.05) is 5.92 Å². The molecule has 0 bridgehead atoms. The van der Waals surface area contributed by atoms with Gasteiger partial charge >= 0.3 is 0 Å². The highest BCUT2D eigenvalue weighted by Crippen LogP contribution is 2.14. The van der Waals surface area contributed by atoms with E-state index in [9.17, 15) is 0 Å². The summed E-state index contributed by atoms with van der Waals surface area (Å²) in [6, 6.07) is 1.93. The first-order valence-corrected chi connectivity index (χ1v) is 4.04. The Morgan fingerprint density at radius 1 is 1.64 bits per heavy atom. The zero-order valence-corrected chi connectivity index (χ0v) is 7.98. The highest BCUT2D eigenvalue weighted by Gasteiger charge is 2.08. The number of nitriles is 1. The van der Waals surface area contributed by atoms with E-state index in [4.69, 9.17) is 16.4 Å². The van der Waals surface area contributed by atoms with Crippen molar-refractivity contribution >= 4 is 0 Å². The molecule has 0 saturated carbocycles. The molecule has 4 nitrogen and oxygen atoms in total. The minimum atomic E-state index is -0.406. The van der Waals surface area contributed by atoms with Crippen LogP contribution in [0.15, 0.2) is 6.20 Å². The Labute approximate surface area is 82.6 Å². The van der Waals surface area contributed by atoms with Crippen LogP contribution in [0, 0.1) is 30.6 Å². The first-order valence-electron chi connectivity index (χ1n) is 4.04. The lowest BCUT2D eigenvalue weighted by Gasteiger charge is -2.08. The highest BCUT2D eigenvalue weighted by atomic mass is 16.5. The van der Waals surface area contributed by atoms with Crippen LogP contribution in [0.4, 0.5) is 0 Å². The van der Waals surface area contributed by atoms with Gasteiger partial charge in [-0.25, -0.2) is 4.98 Å². The van der Waals surface area contributed by atoms with E-state index in [1.807, 2.05) is 6.07 Å². The van der Waals surface area contributed by atoms with Gasteiger partial charge in [-0.3, -0.25) is 0 Å². The Balaban J connectivity index is 3.02. The number of aromatic nitrogens is 2. The predicted molar refractivity (Wildman–Crippen MR) is 50.4 cm³/mol. The molecule has 0 fully saturated rings. The average Bonchev–Trinajstić information content (AvgIpc) is 2.18. The van der Waals surface area contributed by atoms with Gasteiger partial charge in [0.15, 0.2) is 6.10 Å². The van der Waals surface area contributed by atoms with Crippen molar-refractivity contribution in [2.24, 2.45) is 0 Å². The van der Waals surface area contributed by atoms with Crippen LogP contribution in [0.2, 0.25) is 0 Å². The van der Waals surface area contributed by atoms with Crippen molar-refractivity contribution < 1.29 is 4.74 Å². The topological polar surface area (TPSA) is 58.8 Å². The molecule has 1 aromatic rings. The van der Waals surface area contributed by atoms with Gasteiger partial charge in [0.1, 0.15) is 17.5 Å². The zero-order chi connectivity index (χ0) is 10.6. The average molecular weight is 187 g/mol. The lowest BCUT2D eigenvalue weighted by molar-refractivity contribution is 0.266. The minimum Gasteiger partial charge on any atom is -0.460 e. The number of nitrogens with zero attached hydrogens (tertiary/aromatic N) is 3. The van der Waals surface area contributed by atoms with Crippen LogP contribution in [0.25, 0.3) is 0 Å². The van der Waals surface area contributed by atoms with Crippen molar-refractivity contribution in [3.63, 3.8) is 0 Å². The molecule has 0 saturated heterocycles. The molecule has 0 amide bonds. The van der Waals surface area contributed by atoms with Gasteiger partial charge in [0.2, 0.25) is 5.88 Å². The van der Waals surface area contributed by atoms with Crippen LogP contribution in [0.3, 0.4) is 0 Å². The first-order chi connectivity index (χ1) is 6.67. The maximum absolute atomic E-state index is 8.73. The van der Waals surface area contributed by atoms with E-state index in [2.05, 4.69) is 15.9 Å². The first kappa shape index (κ1) is 10.0. The third-order valence-corrected chi connectivity index (χ3v) is 1.52. The molecule has 0 spiro atoms. The quantitative estimate of drug-likeness (QED) is 0.649. The van der Waals surface area contributed by atoms with E-state index < -0.39 is 6.10 Å². The largest absolute Gasteiger partial charge is 0.460 e. The van der Waals surface area contributed by atoms with Crippen molar-refractivity contribution in [1.82, 2.24) is 9.97 Å². The summed E-state index contributed by atoms with van der Waals surface area (Å²) in [6.07, 6.45) is 6.16. The molecule has 0 radical (unpaired) electrons. The Hall–Kier alpha value is -2.07. The molecule has 0 aromatic carbocycles. The number of terminal acetylenes is 1. The van der Waals surface area contributed by atoms with Crippen molar-refractivity contribution in [3.05, 3.63) is 17.6 Å². The summed E-state index contributed by atoms with van der Waals surface area (Å²) in [5.41, 5.74) is 0.290. The lowest BCUT2D eigenvalue weighted by Crippen LogP contribution is -2.11. The molecular weight excluding hydrogens is 178 g/mol. The summed E-state index contributed by atoms with van der Waals surface area (Å²) in [4.78, 5) is 7.86. The second-order valence-electron chi connectivity index (χ2n) is 2.67. The predicted octanol–water partition coefficient (Wildman–Crippen LogP) is 1.06. The second-order valence-corrected chi connectivity index (χ2v) is 2.67. The van der Waals surface area contributed by atoms with Gasteiger partial charge in [-0.2, -0.15) is 10.2 Å². The van der Waals surface area contributed by atoms with Gasteiger partial charge in [-0.15, -0.1) is 6.42 Å². The Kier molecular flexibility index (Phi) is 3.04. The van der Waals surface area contributed by atoms with E-state index >= 15 is 0 Å². The third-order valence-electron chi connectivity index (χ3n) is 1.52. The van der Waals surface area contributed by atoms with Gasteiger partial charge in [-0.05, 0) is 13.8 Å². The van der Waals surface area contributed by atoms with Crippen molar-refractivity contribution in [1.29, 1.82) is 5.26 Å². The number of aryl methyl sites for hydroxylation is 1. The number of ether oxygens (including phenoxy) is 1. The summed E-state index contributed by atoms with van der Waals surface area (Å²) in [7, 11) is 0. The molecule has 70 valence electrons. The summed E-state index contributed by atoms with van der Waals surface area (Å²) in [5.74, 6) is 3.18. The fourth-order valence-corrected chi connectivity index (χ4v) is 0.817. The Bertz CT molecular complexity index is 414. The SMILES string of the molecule is C#CC(C)Oc1nc(C)ncc1C#N. The van der Waals surface area contributed by atoms with E-state index in [-0.39, 0.29) is 11.4 Å². The maximum Gasteiger partial charge on any atom is 0.236 e. The molecule has 1 aromatic heterocycles. The molecular formula is C10H9N3O. The molecule has 0 aliphatic rings. The van der Waals surface area contributed by atoms with Crippen LogP contribution in [-0.4, -0.2) is 16.1 Å². The smallest absolute Gasteiger partial charge is 0.236 e. The molecule has 1 atom stereocenters. The third kappa shape index (κ3) is 2.21. The van der Waals surface area contributed by atoms with Crippen LogP contribution in [-0.2, 0) is 0 Å². The van der Waals surface area contributed by atoms with Gasteiger partial charge in [0.05, 0.1) is 6.20 Å². The molecule has 1 heterocycles. The van der Waals surface area contributed by atoms with Gasteiger partial charge < -0.3 is 4.74 Å². The second kappa shape index (κ2) is 4.25. The van der Waals surface area contributed by atoms with Crippen molar-refractivity contribution in [3.8, 4) is 24.3 Å². The van der Waals surface area contributed by atoms with E-state index in [1.54, 1.807) is 13.8 Å². The highest BCUT2D eigenvalue weighted by molar-refractivity contribution is 5.36. The van der Waals surface area contributed by atoms with Crippen LogP contribution >= 0.6 is 0 Å². The van der Waals surface area contributed by atoms with E-state index in [0.717, 1.165) is 0 Å². The van der Waals surface area contributed by atoms with Crippen LogP contribution in [0.1, 0.15) is 18.3 Å². The summed E-state index contributed by atoms with van der Waals surface area (Å²) >= 11 is 0. The maximum atomic E-state index is 8.73. The number of hydrogen-bond acceptors (Lipinski definition) is 4. The molecule has 0 aliphatic carbocycles. The van der Waals surface area contributed by atoms with E-state index in [0.29, 0.717) is 5.82 Å². The fraction of sp³-hybridized carbons (Fsp3) is 0.300. The molecule has 0 N–H and O–H groups in total. The molecule has 0 aliphatic heterocycles. The number of rotatable bonds is 2. The standard InChI is InChI=1S/C10H9N3O/c1-4-7(2)14-10-9(5-11)6-12-8(3)13-10/h1,6-7H,2-3H3. The van der Waals surface area contributed by atoms with Crippen molar-refractivity contribution in [2.45, 2.75) is 20.0 Å². The van der Waals surface area contributed by atoms with Crippen LogP contribution in [0.5, 0.6) is 5.88 Å². The summed E-state index contributed by atoms with van der Waals surface area (Å²) in [5, 5.41) is 8.73. The molecule has 1 unspecified atom stereocenters. The molecule has 4 heteroatoms. The van der Waals surface area contributed by atoms with Crippen molar-refractivity contribution in [2.75, 3.05) is 0 Å². The van der Waals surface area contributed by atoms with Crippen LogP contribution < -0.4 is 4.74 Å². The summed E-state index contributed by atoms with van der Waals surface area (Å²) in [6.45, 7) is 3.42. The summed E-state index contributed by atoms with van der Waals surface area (Å²) < 4.78 is 5.26. The molecule has 14 heavy (non-hydrogen) atoms. The molecule has 1 rings (SSSR count). The monoisotopic (exact) mass is 187 g/mol. The lowest BCUT2D eigenvalue weighted by atomic mass is 10.3. The van der Waals surface area contributed by atoms with Gasteiger partial charge in [0, 0.05) is 0 Å². The van der Waals surface area contributed by atoms with E-state index in [1.165, 1.54) is 6.20 Å². The zero-order valence-electron chi connectivity index (χ0n) is 7.98. The Morgan fingerprint density at radius 3 is 2.93 bits per heavy atom. The fourth-order valence-electron chi connectivity index (χ4n) is 0.817. The van der Waals surface area contributed by atoms with Gasteiger partial charge in [0.25, 0.3) is 0 Å². The number of hydrogen-bond donors (Lipinski definition) is 0. The Morgan fingerprint density at radius 2 is 2.36 bits per heavy atom. The normalized spacial score (nSPS) is 11.1. The minimum absolute atomic E-state index is 0.241.